The number of carbonyl (C=O) groups excluding carboxylic acids is 1. The number of anilines is 1. The van der Waals surface area contributed by atoms with Crippen molar-refractivity contribution in [1.29, 1.82) is 0 Å². The van der Waals surface area contributed by atoms with Gasteiger partial charge in [0.15, 0.2) is 16.1 Å². The normalized spacial score (nSPS) is 10.8. The first-order valence-corrected chi connectivity index (χ1v) is 12.5. The summed E-state index contributed by atoms with van der Waals surface area (Å²) in [4.78, 5) is 27.7. The molecule has 180 valence electrons. The van der Waals surface area contributed by atoms with Crippen molar-refractivity contribution in [1.82, 2.24) is 19.7 Å². The number of nitrogens with one attached hydrogen (secondary N) is 1. The van der Waals surface area contributed by atoms with Crippen molar-refractivity contribution in [2.45, 2.75) is 25.5 Å². The molecule has 0 saturated carbocycles. The zero-order chi connectivity index (χ0) is 24.9. The molecule has 0 spiro atoms. The van der Waals surface area contributed by atoms with Crippen molar-refractivity contribution in [2.75, 3.05) is 18.2 Å². The maximum absolute atomic E-state index is 12.5. The molecular formula is C23H22N6O4S2. The summed E-state index contributed by atoms with van der Waals surface area (Å²) in [6.45, 7) is 4.33. The molecule has 0 aliphatic carbocycles. The second-order valence-corrected chi connectivity index (χ2v) is 9.21. The number of nitrogens with zero attached hydrogens (tertiary/aromatic N) is 5. The zero-order valence-corrected chi connectivity index (χ0v) is 20.9. The Morgan fingerprint density at radius 3 is 2.63 bits per heavy atom. The number of nitro benzene ring substituents is 1. The predicted octanol–water partition coefficient (Wildman–Crippen LogP) is 5.04. The fraction of sp³-hybridized carbons (Fsp3) is 0.217. The first-order valence-electron chi connectivity index (χ1n) is 10.6. The second kappa shape index (κ2) is 10.7. The number of methoxy groups -OCH3 is 1. The molecule has 0 radical (unpaired) electrons. The van der Waals surface area contributed by atoms with Crippen LogP contribution in [0.4, 0.5) is 10.8 Å². The summed E-state index contributed by atoms with van der Waals surface area (Å²) in [5.74, 6) is 1.37. The van der Waals surface area contributed by atoms with Crippen LogP contribution in [0.15, 0.2) is 53.0 Å². The molecule has 35 heavy (non-hydrogen) atoms. The molecule has 0 atom stereocenters. The van der Waals surface area contributed by atoms with E-state index < -0.39 is 4.92 Å². The van der Waals surface area contributed by atoms with Crippen molar-refractivity contribution in [2.24, 2.45) is 0 Å². The van der Waals surface area contributed by atoms with Gasteiger partial charge in [-0.05, 0) is 38.1 Å². The Kier molecular flexibility index (Phi) is 7.42. The Bertz CT molecular complexity index is 1370. The molecule has 0 fully saturated rings. The largest absolute Gasteiger partial charge is 0.497 e. The van der Waals surface area contributed by atoms with Crippen molar-refractivity contribution < 1.29 is 14.5 Å². The number of hydrogen-bond donors (Lipinski definition) is 1. The van der Waals surface area contributed by atoms with Crippen LogP contribution in [-0.4, -0.2) is 43.4 Å². The molecule has 12 heteroatoms. The molecular weight excluding hydrogens is 488 g/mol. The summed E-state index contributed by atoms with van der Waals surface area (Å²) in [5.41, 5.74) is 2.70. The SMILES string of the molecule is CCn1c(SCC(=O)Nc2nc(-c3ccc(C)c([N+](=O)[O-])c3)cs2)nnc1-c1ccc(OC)cc1. The van der Waals surface area contributed by atoms with E-state index in [2.05, 4.69) is 20.5 Å². The van der Waals surface area contributed by atoms with Crippen LogP contribution in [0.1, 0.15) is 12.5 Å². The smallest absolute Gasteiger partial charge is 0.272 e. The lowest BCUT2D eigenvalue weighted by atomic mass is 10.1. The fourth-order valence-electron chi connectivity index (χ4n) is 3.35. The fourth-order valence-corrected chi connectivity index (χ4v) is 4.89. The van der Waals surface area contributed by atoms with Crippen LogP contribution in [-0.2, 0) is 11.3 Å². The molecule has 1 N–H and O–H groups in total. The van der Waals surface area contributed by atoms with E-state index in [1.54, 1.807) is 31.5 Å². The van der Waals surface area contributed by atoms with Gasteiger partial charge < -0.3 is 14.6 Å². The Labute approximate surface area is 209 Å². The summed E-state index contributed by atoms with van der Waals surface area (Å²) >= 11 is 2.55. The van der Waals surface area contributed by atoms with Gasteiger partial charge in [-0.25, -0.2) is 4.98 Å². The molecule has 0 saturated heterocycles. The monoisotopic (exact) mass is 510 g/mol. The van der Waals surface area contributed by atoms with Crippen molar-refractivity contribution in [3.63, 3.8) is 0 Å². The highest BCUT2D eigenvalue weighted by atomic mass is 32.2. The zero-order valence-electron chi connectivity index (χ0n) is 19.2. The highest BCUT2D eigenvalue weighted by Gasteiger charge is 2.17. The topological polar surface area (TPSA) is 125 Å². The van der Waals surface area contributed by atoms with Gasteiger partial charge in [-0.3, -0.25) is 14.9 Å². The first kappa shape index (κ1) is 24.4. The van der Waals surface area contributed by atoms with Gasteiger partial charge in [0, 0.05) is 34.7 Å². The molecule has 0 unspecified atom stereocenters. The van der Waals surface area contributed by atoms with E-state index in [4.69, 9.17) is 4.74 Å². The van der Waals surface area contributed by atoms with E-state index in [1.807, 2.05) is 35.8 Å². The maximum atomic E-state index is 12.5. The Morgan fingerprint density at radius 2 is 1.94 bits per heavy atom. The third kappa shape index (κ3) is 5.49. The van der Waals surface area contributed by atoms with Gasteiger partial charge in [0.25, 0.3) is 5.69 Å². The highest BCUT2D eigenvalue weighted by Crippen LogP contribution is 2.30. The van der Waals surface area contributed by atoms with Crippen molar-refractivity contribution >= 4 is 39.8 Å². The molecule has 0 bridgehead atoms. The number of nitro groups is 1. The highest BCUT2D eigenvalue weighted by molar-refractivity contribution is 7.99. The van der Waals surface area contributed by atoms with Gasteiger partial charge in [-0.1, -0.05) is 23.9 Å². The number of rotatable bonds is 9. The molecule has 2 aromatic carbocycles. The molecule has 1 amide bonds. The number of carbonyl (C=O) groups is 1. The number of thiazole rings is 1. The minimum absolute atomic E-state index is 0.0338. The van der Waals surface area contributed by atoms with E-state index in [0.29, 0.717) is 33.7 Å². The third-order valence-electron chi connectivity index (χ3n) is 5.17. The molecule has 0 aliphatic heterocycles. The number of aryl methyl sites for hydroxylation is 1. The van der Waals surface area contributed by atoms with Crippen LogP contribution < -0.4 is 10.1 Å². The van der Waals surface area contributed by atoms with Crippen LogP contribution in [0.5, 0.6) is 5.75 Å². The summed E-state index contributed by atoms with van der Waals surface area (Å²) in [5, 5.41) is 25.4. The predicted molar refractivity (Wildman–Crippen MR) is 136 cm³/mol. The van der Waals surface area contributed by atoms with Crippen LogP contribution in [0, 0.1) is 17.0 Å². The molecule has 10 nitrogen and oxygen atoms in total. The Balaban J connectivity index is 1.40. The maximum Gasteiger partial charge on any atom is 0.272 e. The quantitative estimate of drug-likeness (QED) is 0.188. The van der Waals surface area contributed by atoms with E-state index in [9.17, 15) is 14.9 Å². The standard InChI is InChI=1S/C23H22N6O4S2/c1-4-28-21(15-7-9-17(33-3)10-8-15)26-27-23(28)35-13-20(30)25-22-24-18(12-34-22)16-6-5-14(2)19(11-16)29(31)32/h5-12H,4,13H2,1-3H3,(H,24,25,30). The molecule has 2 heterocycles. The number of hydrogen-bond acceptors (Lipinski definition) is 9. The van der Waals surface area contributed by atoms with Gasteiger partial charge in [-0.15, -0.1) is 21.5 Å². The van der Waals surface area contributed by atoms with E-state index in [1.165, 1.54) is 29.2 Å². The molecule has 0 aliphatic rings. The number of ether oxygens (including phenoxy) is 1. The lowest BCUT2D eigenvalue weighted by Gasteiger charge is -2.08. The summed E-state index contributed by atoms with van der Waals surface area (Å²) in [6, 6.07) is 12.5. The number of thioether (sulfide) groups is 1. The average Bonchev–Trinajstić information content (AvgIpc) is 3.49. The lowest BCUT2D eigenvalue weighted by molar-refractivity contribution is -0.385. The van der Waals surface area contributed by atoms with Crippen molar-refractivity contribution in [3.05, 3.63) is 63.5 Å². The average molecular weight is 511 g/mol. The number of benzene rings is 2. The second-order valence-electron chi connectivity index (χ2n) is 7.41. The van der Waals surface area contributed by atoms with Crippen molar-refractivity contribution in [3.8, 4) is 28.4 Å². The van der Waals surface area contributed by atoms with Crippen LogP contribution in [0.25, 0.3) is 22.6 Å². The van der Waals surface area contributed by atoms with Crippen LogP contribution in [0.3, 0.4) is 0 Å². The van der Waals surface area contributed by atoms with E-state index >= 15 is 0 Å². The molecule has 2 aromatic heterocycles. The van der Waals surface area contributed by atoms with E-state index in [0.717, 1.165) is 17.1 Å². The van der Waals surface area contributed by atoms with Gasteiger partial charge >= 0.3 is 0 Å². The molecule has 4 aromatic rings. The minimum atomic E-state index is -0.416. The van der Waals surface area contributed by atoms with Gasteiger partial charge in [0.05, 0.1) is 23.5 Å². The first-order chi connectivity index (χ1) is 16.9. The third-order valence-corrected chi connectivity index (χ3v) is 6.89. The summed E-state index contributed by atoms with van der Waals surface area (Å²) in [6.07, 6.45) is 0. The van der Waals surface area contributed by atoms with Gasteiger partial charge in [-0.2, -0.15) is 0 Å². The summed E-state index contributed by atoms with van der Waals surface area (Å²) in [7, 11) is 1.62. The summed E-state index contributed by atoms with van der Waals surface area (Å²) < 4.78 is 7.15. The Hall–Kier alpha value is -3.77. The van der Waals surface area contributed by atoms with Gasteiger partial charge in [0.2, 0.25) is 5.91 Å². The van der Waals surface area contributed by atoms with Gasteiger partial charge in [0.1, 0.15) is 5.75 Å². The van der Waals surface area contributed by atoms with E-state index in [-0.39, 0.29) is 17.3 Å². The van der Waals surface area contributed by atoms with Crippen LogP contribution in [0.2, 0.25) is 0 Å². The lowest BCUT2D eigenvalue weighted by Crippen LogP contribution is -2.14. The Morgan fingerprint density at radius 1 is 1.20 bits per heavy atom. The van der Waals surface area contributed by atoms with Crippen LogP contribution >= 0.6 is 23.1 Å². The number of aromatic nitrogens is 4. The number of amides is 1. The molecule has 4 rings (SSSR count). The minimum Gasteiger partial charge on any atom is -0.497 e.